The highest BCUT2D eigenvalue weighted by molar-refractivity contribution is 6.63. The summed E-state index contributed by atoms with van der Waals surface area (Å²) in [5.41, 5.74) is 2.75. The first-order chi connectivity index (χ1) is 8.73. The summed E-state index contributed by atoms with van der Waals surface area (Å²) in [5, 5.41) is 4.67. The Morgan fingerprint density at radius 3 is 2.11 bits per heavy atom. The van der Waals surface area contributed by atoms with Crippen molar-refractivity contribution in [3.8, 4) is 0 Å². The minimum atomic E-state index is -0.294. The summed E-state index contributed by atoms with van der Waals surface area (Å²) in [4.78, 5) is 0. The fraction of sp³-hybridized carbons (Fsp3) is 0.786. The molecule has 19 heavy (non-hydrogen) atoms. The van der Waals surface area contributed by atoms with E-state index in [9.17, 15) is 0 Å². The maximum absolute atomic E-state index is 6.15. The maximum Gasteiger partial charge on any atom is 0.498 e. The standard InChI is InChI=1S/C14H23BN2O2/c1-9-12(10(2)17(16-9)11-7-8-11)15-18-13(3,4)14(5,6)19-15/h11H,7-8H2,1-6H3. The van der Waals surface area contributed by atoms with E-state index in [1.807, 2.05) is 6.92 Å². The Kier molecular flexibility index (Phi) is 2.68. The van der Waals surface area contributed by atoms with Crippen molar-refractivity contribution in [2.45, 2.75) is 71.6 Å². The lowest BCUT2D eigenvalue weighted by atomic mass is 9.77. The van der Waals surface area contributed by atoms with Gasteiger partial charge in [-0.25, -0.2) is 0 Å². The molecular weight excluding hydrogens is 239 g/mol. The van der Waals surface area contributed by atoms with Gasteiger partial charge in [-0.3, -0.25) is 4.68 Å². The van der Waals surface area contributed by atoms with Gasteiger partial charge in [0.25, 0.3) is 0 Å². The second-order valence-corrected chi connectivity index (χ2v) is 6.85. The normalized spacial score (nSPS) is 25.1. The van der Waals surface area contributed by atoms with Crippen molar-refractivity contribution in [1.82, 2.24) is 9.78 Å². The van der Waals surface area contributed by atoms with Gasteiger partial charge in [-0.15, -0.1) is 0 Å². The van der Waals surface area contributed by atoms with Crippen LogP contribution < -0.4 is 5.46 Å². The molecule has 2 heterocycles. The Hall–Kier alpha value is -0.805. The SMILES string of the molecule is Cc1nn(C2CC2)c(C)c1B1OC(C)(C)C(C)(C)O1. The molecule has 0 N–H and O–H groups in total. The van der Waals surface area contributed by atoms with E-state index in [4.69, 9.17) is 9.31 Å². The number of rotatable bonds is 2. The van der Waals surface area contributed by atoms with Crippen molar-refractivity contribution < 1.29 is 9.31 Å². The average molecular weight is 262 g/mol. The Morgan fingerprint density at radius 2 is 1.63 bits per heavy atom. The maximum atomic E-state index is 6.15. The van der Waals surface area contributed by atoms with Crippen LogP contribution in [0.15, 0.2) is 0 Å². The molecule has 2 fully saturated rings. The van der Waals surface area contributed by atoms with E-state index in [-0.39, 0.29) is 18.3 Å². The molecule has 0 atom stereocenters. The van der Waals surface area contributed by atoms with Gasteiger partial charge in [0.15, 0.2) is 0 Å². The number of aryl methyl sites for hydroxylation is 1. The number of nitrogens with zero attached hydrogens (tertiary/aromatic N) is 2. The highest BCUT2D eigenvalue weighted by Crippen LogP contribution is 2.38. The molecule has 0 unspecified atom stereocenters. The van der Waals surface area contributed by atoms with Gasteiger partial charge in [-0.05, 0) is 54.4 Å². The minimum Gasteiger partial charge on any atom is -0.399 e. The molecule has 1 aliphatic carbocycles. The van der Waals surface area contributed by atoms with Gasteiger partial charge >= 0.3 is 7.12 Å². The first-order valence-corrected chi connectivity index (χ1v) is 7.14. The summed E-state index contributed by atoms with van der Waals surface area (Å²) in [6.07, 6.45) is 2.48. The zero-order valence-corrected chi connectivity index (χ0v) is 12.8. The predicted molar refractivity (Wildman–Crippen MR) is 75.7 cm³/mol. The van der Waals surface area contributed by atoms with E-state index in [0.717, 1.165) is 11.2 Å². The van der Waals surface area contributed by atoms with Gasteiger partial charge in [-0.1, -0.05) is 0 Å². The fourth-order valence-electron chi connectivity index (χ4n) is 2.65. The van der Waals surface area contributed by atoms with Crippen LogP contribution in [-0.4, -0.2) is 28.1 Å². The quantitative estimate of drug-likeness (QED) is 0.766. The number of hydrogen-bond acceptors (Lipinski definition) is 3. The Morgan fingerprint density at radius 1 is 1.11 bits per heavy atom. The van der Waals surface area contributed by atoms with Gasteiger partial charge in [0, 0.05) is 11.2 Å². The molecule has 1 aromatic rings. The molecule has 1 saturated carbocycles. The molecule has 1 saturated heterocycles. The van der Waals surface area contributed by atoms with Crippen molar-refractivity contribution in [2.75, 3.05) is 0 Å². The summed E-state index contributed by atoms with van der Waals surface area (Å²) in [7, 11) is -0.294. The van der Waals surface area contributed by atoms with E-state index in [1.165, 1.54) is 18.5 Å². The van der Waals surface area contributed by atoms with Gasteiger partial charge in [0.2, 0.25) is 0 Å². The second kappa shape index (κ2) is 3.86. The largest absolute Gasteiger partial charge is 0.498 e. The van der Waals surface area contributed by atoms with E-state index in [1.54, 1.807) is 0 Å². The molecule has 0 aromatic carbocycles. The molecule has 1 aromatic heterocycles. The molecule has 104 valence electrons. The highest BCUT2D eigenvalue weighted by Gasteiger charge is 2.53. The van der Waals surface area contributed by atoms with Crippen molar-refractivity contribution in [1.29, 1.82) is 0 Å². The molecular formula is C14H23BN2O2. The van der Waals surface area contributed by atoms with E-state index >= 15 is 0 Å². The minimum absolute atomic E-state index is 0.293. The van der Waals surface area contributed by atoms with Crippen LogP contribution in [-0.2, 0) is 9.31 Å². The molecule has 1 aliphatic heterocycles. The predicted octanol–water partition coefficient (Wildman–Crippen LogP) is 2.13. The van der Waals surface area contributed by atoms with Crippen LogP contribution in [0.3, 0.4) is 0 Å². The highest BCUT2D eigenvalue weighted by atomic mass is 16.7. The summed E-state index contributed by atoms with van der Waals surface area (Å²) in [6.45, 7) is 12.5. The van der Waals surface area contributed by atoms with Gasteiger partial charge in [-0.2, -0.15) is 5.10 Å². The Balaban J connectivity index is 1.96. The Labute approximate surface area is 115 Å². The Bertz CT molecular complexity index is 502. The monoisotopic (exact) mass is 262 g/mol. The van der Waals surface area contributed by atoms with Crippen molar-refractivity contribution in [3.63, 3.8) is 0 Å². The van der Waals surface area contributed by atoms with Crippen LogP contribution in [0.25, 0.3) is 0 Å². The second-order valence-electron chi connectivity index (χ2n) is 6.85. The zero-order chi connectivity index (χ0) is 14.0. The third-order valence-electron chi connectivity index (χ3n) is 4.76. The molecule has 5 heteroatoms. The first-order valence-electron chi connectivity index (χ1n) is 7.14. The molecule has 0 spiro atoms. The van der Waals surface area contributed by atoms with Crippen LogP contribution in [0.2, 0.25) is 0 Å². The lowest BCUT2D eigenvalue weighted by molar-refractivity contribution is 0.00578. The van der Waals surface area contributed by atoms with E-state index in [2.05, 4.69) is 44.4 Å². The summed E-state index contributed by atoms with van der Waals surface area (Å²) in [5.74, 6) is 0. The molecule has 4 nitrogen and oxygen atoms in total. The summed E-state index contributed by atoms with van der Waals surface area (Å²) in [6, 6.07) is 0.592. The molecule has 0 amide bonds. The van der Waals surface area contributed by atoms with Gasteiger partial charge in [0.05, 0.1) is 22.9 Å². The topological polar surface area (TPSA) is 36.3 Å². The summed E-state index contributed by atoms with van der Waals surface area (Å²) >= 11 is 0. The van der Waals surface area contributed by atoms with Crippen LogP contribution in [0.1, 0.15) is 58.0 Å². The third kappa shape index (κ3) is 1.94. The van der Waals surface area contributed by atoms with E-state index in [0.29, 0.717) is 6.04 Å². The number of hydrogen-bond donors (Lipinski definition) is 0. The van der Waals surface area contributed by atoms with Crippen LogP contribution in [0, 0.1) is 13.8 Å². The third-order valence-corrected chi connectivity index (χ3v) is 4.76. The molecule has 3 rings (SSSR count). The lowest BCUT2D eigenvalue weighted by Crippen LogP contribution is -2.41. The van der Waals surface area contributed by atoms with Crippen LogP contribution >= 0.6 is 0 Å². The first kappa shape index (κ1) is 13.2. The van der Waals surface area contributed by atoms with Crippen LogP contribution in [0.4, 0.5) is 0 Å². The molecule has 0 bridgehead atoms. The average Bonchev–Trinajstić information content (AvgIpc) is 3.00. The lowest BCUT2D eigenvalue weighted by Gasteiger charge is -2.32. The van der Waals surface area contributed by atoms with Gasteiger partial charge in [0.1, 0.15) is 0 Å². The van der Waals surface area contributed by atoms with Crippen molar-refractivity contribution in [2.24, 2.45) is 0 Å². The van der Waals surface area contributed by atoms with Crippen molar-refractivity contribution >= 4 is 12.6 Å². The molecule has 2 aliphatic rings. The van der Waals surface area contributed by atoms with Gasteiger partial charge < -0.3 is 9.31 Å². The number of aromatic nitrogens is 2. The van der Waals surface area contributed by atoms with Crippen LogP contribution in [0.5, 0.6) is 0 Å². The smallest absolute Gasteiger partial charge is 0.399 e. The fourth-order valence-corrected chi connectivity index (χ4v) is 2.65. The summed E-state index contributed by atoms with van der Waals surface area (Å²) < 4.78 is 14.4. The zero-order valence-electron chi connectivity index (χ0n) is 12.8. The van der Waals surface area contributed by atoms with Crippen molar-refractivity contribution in [3.05, 3.63) is 11.4 Å². The molecule has 0 radical (unpaired) electrons. The van der Waals surface area contributed by atoms with E-state index < -0.39 is 0 Å².